The summed E-state index contributed by atoms with van der Waals surface area (Å²) in [6.07, 6.45) is 0.254. The van der Waals surface area contributed by atoms with Gasteiger partial charge in [0.15, 0.2) is 11.6 Å². The highest BCUT2D eigenvalue weighted by atomic mass is 16.5. The van der Waals surface area contributed by atoms with Gasteiger partial charge in [0, 0.05) is 11.1 Å². The van der Waals surface area contributed by atoms with Gasteiger partial charge in [-0.3, -0.25) is 9.59 Å². The predicted octanol–water partition coefficient (Wildman–Crippen LogP) is 2.42. The molecule has 0 unspecified atom stereocenters. The van der Waals surface area contributed by atoms with E-state index in [0.717, 1.165) is 0 Å². The van der Waals surface area contributed by atoms with Crippen LogP contribution >= 0.6 is 0 Å². The van der Waals surface area contributed by atoms with Gasteiger partial charge in [-0.05, 0) is 30.0 Å². The molecule has 27 heavy (non-hydrogen) atoms. The van der Waals surface area contributed by atoms with Gasteiger partial charge in [-0.1, -0.05) is 30.3 Å². The fraction of sp³-hybridized carbons (Fsp3) is 0.238. The first-order chi connectivity index (χ1) is 12.9. The molecule has 0 saturated carbocycles. The molecule has 0 amide bonds. The summed E-state index contributed by atoms with van der Waals surface area (Å²) in [5.41, 5.74) is 0.873. The Kier molecular flexibility index (Phi) is 3.73. The van der Waals surface area contributed by atoms with E-state index in [4.69, 9.17) is 9.47 Å². The molecule has 0 aromatic heterocycles. The Morgan fingerprint density at radius 2 is 1.44 bits per heavy atom. The first-order valence-corrected chi connectivity index (χ1v) is 8.44. The Bertz CT molecular complexity index is 998. The smallest absolute Gasteiger partial charge is 0.339 e. The van der Waals surface area contributed by atoms with Crippen molar-refractivity contribution in [2.75, 3.05) is 14.2 Å². The van der Waals surface area contributed by atoms with Crippen LogP contribution in [0, 0.1) is 5.41 Å². The Morgan fingerprint density at radius 3 is 2.00 bits per heavy atom. The van der Waals surface area contributed by atoms with Crippen molar-refractivity contribution in [3.8, 4) is 0 Å². The number of fused-ring (bicyclic) bond motifs is 2. The normalized spacial score (nSPS) is 16.2. The third-order valence-electron chi connectivity index (χ3n) is 5.46. The van der Waals surface area contributed by atoms with Gasteiger partial charge in [0.05, 0.1) is 25.3 Å². The second kappa shape index (κ2) is 5.87. The molecule has 0 fully saturated rings. The van der Waals surface area contributed by atoms with Crippen LogP contribution in [-0.2, 0) is 22.3 Å². The summed E-state index contributed by atoms with van der Waals surface area (Å²) in [6.45, 7) is 0. The number of ketones is 2. The first kappa shape index (κ1) is 17.1. The number of esters is 2. The van der Waals surface area contributed by atoms with Crippen molar-refractivity contribution in [1.82, 2.24) is 0 Å². The third-order valence-corrected chi connectivity index (χ3v) is 5.46. The largest absolute Gasteiger partial charge is 0.465 e. The van der Waals surface area contributed by atoms with E-state index in [1.54, 1.807) is 30.3 Å². The number of hydrogen-bond acceptors (Lipinski definition) is 6. The van der Waals surface area contributed by atoms with Crippen molar-refractivity contribution in [2.24, 2.45) is 5.41 Å². The van der Waals surface area contributed by atoms with Crippen LogP contribution in [0.1, 0.15) is 52.6 Å². The minimum atomic E-state index is -1.26. The standard InChI is InChI=1S/C21H16O6/c1-26-19(24)14-8-7-11-9-21(10-15(11)16(14)20(25)27-2)17(22)12-5-3-4-6-13(12)18(21)23/h3-8H,9-10H2,1-2H3. The molecule has 0 atom stereocenters. The molecule has 0 saturated heterocycles. The minimum absolute atomic E-state index is 0.0595. The molecular weight excluding hydrogens is 348 g/mol. The maximum atomic E-state index is 13.1. The van der Waals surface area contributed by atoms with Crippen LogP contribution in [0.15, 0.2) is 36.4 Å². The lowest BCUT2D eigenvalue weighted by Gasteiger charge is -2.18. The summed E-state index contributed by atoms with van der Waals surface area (Å²) < 4.78 is 9.61. The number of hydrogen-bond donors (Lipinski definition) is 0. The molecule has 0 bridgehead atoms. The molecule has 0 N–H and O–H groups in total. The molecule has 136 valence electrons. The summed E-state index contributed by atoms with van der Waals surface area (Å²) in [5.74, 6) is -1.85. The molecule has 2 aliphatic rings. The van der Waals surface area contributed by atoms with E-state index in [-0.39, 0.29) is 35.5 Å². The number of benzene rings is 2. The molecule has 2 aromatic carbocycles. The van der Waals surface area contributed by atoms with Gasteiger partial charge in [0.2, 0.25) is 0 Å². The maximum absolute atomic E-state index is 13.1. The highest BCUT2D eigenvalue weighted by Gasteiger charge is 2.56. The maximum Gasteiger partial charge on any atom is 0.339 e. The van der Waals surface area contributed by atoms with E-state index in [1.165, 1.54) is 20.3 Å². The number of rotatable bonds is 2. The highest BCUT2D eigenvalue weighted by molar-refractivity contribution is 6.30. The van der Waals surface area contributed by atoms with Crippen molar-refractivity contribution in [1.29, 1.82) is 0 Å². The van der Waals surface area contributed by atoms with Crippen LogP contribution in [0.2, 0.25) is 0 Å². The van der Waals surface area contributed by atoms with E-state index in [0.29, 0.717) is 22.3 Å². The molecule has 0 heterocycles. The second-order valence-corrected chi connectivity index (χ2v) is 6.75. The van der Waals surface area contributed by atoms with E-state index < -0.39 is 17.4 Å². The Morgan fingerprint density at radius 1 is 0.852 bits per heavy atom. The minimum Gasteiger partial charge on any atom is -0.465 e. The van der Waals surface area contributed by atoms with Crippen molar-refractivity contribution < 1.29 is 28.7 Å². The number of ether oxygens (including phenoxy) is 2. The van der Waals surface area contributed by atoms with Gasteiger partial charge in [0.1, 0.15) is 5.41 Å². The Hall–Kier alpha value is -3.28. The monoisotopic (exact) mass is 364 g/mol. The molecule has 4 rings (SSSR count). The Labute approximate surface area is 155 Å². The van der Waals surface area contributed by atoms with Gasteiger partial charge >= 0.3 is 11.9 Å². The number of carbonyl (C=O) groups excluding carboxylic acids is 4. The fourth-order valence-corrected chi connectivity index (χ4v) is 4.18. The molecular formula is C21H16O6. The van der Waals surface area contributed by atoms with Crippen molar-refractivity contribution in [3.05, 3.63) is 69.8 Å². The van der Waals surface area contributed by atoms with Gasteiger partial charge in [-0.25, -0.2) is 9.59 Å². The second-order valence-electron chi connectivity index (χ2n) is 6.75. The molecule has 1 spiro atoms. The van der Waals surface area contributed by atoms with E-state index in [1.807, 2.05) is 0 Å². The van der Waals surface area contributed by atoms with Crippen LogP contribution in [-0.4, -0.2) is 37.7 Å². The van der Waals surface area contributed by atoms with Crippen LogP contribution in [0.5, 0.6) is 0 Å². The zero-order valence-corrected chi connectivity index (χ0v) is 14.8. The molecule has 2 aromatic rings. The fourth-order valence-electron chi connectivity index (χ4n) is 4.18. The average Bonchev–Trinajstić information content (AvgIpc) is 3.19. The zero-order valence-electron chi connectivity index (χ0n) is 14.8. The highest BCUT2D eigenvalue weighted by Crippen LogP contribution is 2.48. The first-order valence-electron chi connectivity index (χ1n) is 8.44. The summed E-state index contributed by atoms with van der Waals surface area (Å²) in [7, 11) is 2.44. The quantitative estimate of drug-likeness (QED) is 0.601. The van der Waals surface area contributed by atoms with Crippen LogP contribution < -0.4 is 0 Å². The number of carbonyl (C=O) groups is 4. The zero-order chi connectivity index (χ0) is 19.3. The topological polar surface area (TPSA) is 86.7 Å². The van der Waals surface area contributed by atoms with E-state index in [2.05, 4.69) is 0 Å². The number of Topliss-reactive ketones (excluding diaryl/α,β-unsaturated/α-hetero) is 2. The van der Waals surface area contributed by atoms with E-state index >= 15 is 0 Å². The summed E-state index contributed by atoms with van der Waals surface area (Å²) in [5, 5.41) is 0. The van der Waals surface area contributed by atoms with Crippen molar-refractivity contribution in [2.45, 2.75) is 12.8 Å². The SMILES string of the molecule is COC(=O)c1ccc2c(c1C(=O)OC)CC1(C2)C(=O)c2ccccc2C1=O. The summed E-state index contributed by atoms with van der Waals surface area (Å²) in [4.78, 5) is 50.7. The van der Waals surface area contributed by atoms with Crippen molar-refractivity contribution >= 4 is 23.5 Å². The van der Waals surface area contributed by atoms with Gasteiger partial charge < -0.3 is 9.47 Å². The molecule has 2 aliphatic carbocycles. The molecule has 0 aliphatic heterocycles. The van der Waals surface area contributed by atoms with Gasteiger partial charge in [-0.2, -0.15) is 0 Å². The summed E-state index contributed by atoms with van der Waals surface area (Å²) in [6, 6.07) is 9.89. The number of methoxy groups -OCH3 is 2. The third kappa shape index (κ3) is 2.19. The lowest BCUT2D eigenvalue weighted by atomic mass is 9.79. The summed E-state index contributed by atoms with van der Waals surface area (Å²) >= 11 is 0. The lowest BCUT2D eigenvalue weighted by molar-refractivity contribution is 0.0553. The lowest BCUT2D eigenvalue weighted by Crippen LogP contribution is -2.34. The van der Waals surface area contributed by atoms with Crippen molar-refractivity contribution in [3.63, 3.8) is 0 Å². The molecule has 6 heteroatoms. The molecule has 0 radical (unpaired) electrons. The van der Waals surface area contributed by atoms with Crippen LogP contribution in [0.25, 0.3) is 0 Å². The van der Waals surface area contributed by atoms with E-state index in [9.17, 15) is 19.2 Å². The average molecular weight is 364 g/mol. The predicted molar refractivity (Wildman–Crippen MR) is 94.1 cm³/mol. The van der Waals surface area contributed by atoms with Crippen LogP contribution in [0.4, 0.5) is 0 Å². The van der Waals surface area contributed by atoms with Crippen LogP contribution in [0.3, 0.4) is 0 Å². The van der Waals surface area contributed by atoms with Gasteiger partial charge in [-0.15, -0.1) is 0 Å². The molecule has 6 nitrogen and oxygen atoms in total. The van der Waals surface area contributed by atoms with Gasteiger partial charge in [0.25, 0.3) is 0 Å². The Balaban J connectivity index is 1.88.